The van der Waals surface area contributed by atoms with Crippen LogP contribution in [0.5, 0.6) is 0 Å². The van der Waals surface area contributed by atoms with E-state index in [4.69, 9.17) is 21.8 Å². The summed E-state index contributed by atoms with van der Waals surface area (Å²) in [5.74, 6) is 0. The highest BCUT2D eigenvalue weighted by molar-refractivity contribution is 9.06. The van der Waals surface area contributed by atoms with Crippen molar-refractivity contribution in [1.82, 2.24) is 0 Å². The van der Waals surface area contributed by atoms with Gasteiger partial charge in [-0.3, -0.25) is 3.83 Å². The number of hydrogen-bond acceptors (Lipinski definition) is 5. The first-order chi connectivity index (χ1) is 10.9. The fourth-order valence-corrected chi connectivity index (χ4v) is 5.23. The Morgan fingerprint density at radius 3 is 1.83 bits per heavy atom. The third-order valence-electron chi connectivity index (χ3n) is 3.34. The van der Waals surface area contributed by atoms with Crippen LogP contribution in [0.2, 0.25) is 0 Å². The van der Waals surface area contributed by atoms with Crippen molar-refractivity contribution in [2.24, 2.45) is 0 Å². The second-order valence-corrected chi connectivity index (χ2v) is 9.08. The average Bonchev–Trinajstić information content (AvgIpc) is 2.51. The summed E-state index contributed by atoms with van der Waals surface area (Å²) in [5.41, 5.74) is -0.593. The quantitative estimate of drug-likeness (QED) is 0.288. The van der Waals surface area contributed by atoms with E-state index in [1.54, 1.807) is 0 Å². The van der Waals surface area contributed by atoms with Gasteiger partial charge in [-0.1, -0.05) is 26.2 Å². The number of unbranched alkanes of at least 4 members (excludes halogenated alkanes) is 2. The van der Waals surface area contributed by atoms with Gasteiger partial charge in [-0.2, -0.15) is 0 Å². The van der Waals surface area contributed by atoms with Gasteiger partial charge in [0.15, 0.2) is 0 Å². The van der Waals surface area contributed by atoms with E-state index in [2.05, 4.69) is 23.2 Å². The maximum Gasteiger partial charge on any atom is 0.531 e. The van der Waals surface area contributed by atoms with E-state index in [9.17, 15) is 0 Å². The van der Waals surface area contributed by atoms with Crippen LogP contribution >= 0.6 is 16.3 Å². The van der Waals surface area contributed by atoms with Crippen LogP contribution < -0.4 is 0 Å². The van der Waals surface area contributed by atoms with Crippen molar-refractivity contribution in [3.63, 3.8) is 0 Å². The Balaban J connectivity index is 5.17. The molecular weight excluding hydrogens is 380 g/mol. The molecular formula is C16H35BrO5Si. The molecule has 0 aromatic heterocycles. The van der Waals surface area contributed by atoms with Gasteiger partial charge < -0.3 is 18.0 Å². The van der Waals surface area contributed by atoms with Crippen molar-refractivity contribution in [2.45, 2.75) is 78.6 Å². The zero-order valence-corrected chi connectivity index (χ0v) is 18.2. The predicted octanol–water partition coefficient (Wildman–Crippen LogP) is 4.64. The first kappa shape index (κ1) is 23.5. The molecule has 0 amide bonds. The zero-order valence-electron chi connectivity index (χ0n) is 15.7. The third-order valence-corrected chi connectivity index (χ3v) is 7.54. The second-order valence-electron chi connectivity index (χ2n) is 6.03. The highest BCUT2D eigenvalue weighted by Crippen LogP contribution is 2.25. The Kier molecular flexibility index (Phi) is 13.1. The summed E-state index contributed by atoms with van der Waals surface area (Å²) in [7, 11) is -2.88. The summed E-state index contributed by atoms with van der Waals surface area (Å²) in [6.45, 7) is 14.1. The van der Waals surface area contributed by atoms with Gasteiger partial charge >= 0.3 is 8.80 Å². The summed E-state index contributed by atoms with van der Waals surface area (Å²) >= 11 is 3.07. The van der Waals surface area contributed by atoms with Crippen LogP contribution in [0.15, 0.2) is 0 Å². The van der Waals surface area contributed by atoms with Crippen molar-refractivity contribution in [3.05, 3.63) is 0 Å². The number of ether oxygens (including phenoxy) is 1. The Bertz CT molecular complexity index is 275. The average molecular weight is 415 g/mol. The molecule has 0 aliphatic carbocycles. The molecule has 0 aliphatic heterocycles. The number of halogens is 1. The molecule has 0 heterocycles. The summed E-state index contributed by atoms with van der Waals surface area (Å²) in [6, 6.07) is 0. The molecule has 5 nitrogen and oxygen atoms in total. The fourth-order valence-electron chi connectivity index (χ4n) is 2.27. The fraction of sp³-hybridized carbons (Fsp3) is 1.00. The van der Waals surface area contributed by atoms with Crippen LogP contribution in [-0.4, -0.2) is 46.6 Å². The maximum absolute atomic E-state index is 6.20. The van der Waals surface area contributed by atoms with Gasteiger partial charge in [-0.05, 0) is 41.0 Å². The molecule has 23 heavy (non-hydrogen) atoms. The molecule has 0 saturated heterocycles. The first-order valence-electron chi connectivity index (χ1n) is 8.74. The van der Waals surface area contributed by atoms with Gasteiger partial charge in [0.05, 0.1) is 22.9 Å². The molecule has 1 unspecified atom stereocenters. The third kappa shape index (κ3) is 8.95. The van der Waals surface area contributed by atoms with E-state index in [1.807, 2.05) is 34.6 Å². The number of rotatable bonds is 15. The predicted molar refractivity (Wildman–Crippen MR) is 98.6 cm³/mol. The van der Waals surface area contributed by atoms with Gasteiger partial charge in [-0.25, -0.2) is 0 Å². The minimum absolute atomic E-state index is 0.171. The molecule has 0 bridgehead atoms. The molecule has 0 fully saturated rings. The molecule has 140 valence electrons. The van der Waals surface area contributed by atoms with Crippen LogP contribution in [0.3, 0.4) is 0 Å². The van der Waals surface area contributed by atoms with E-state index < -0.39 is 14.4 Å². The minimum Gasteiger partial charge on any atom is -0.372 e. The van der Waals surface area contributed by atoms with Crippen LogP contribution in [-0.2, 0) is 21.8 Å². The molecule has 0 aromatic rings. The monoisotopic (exact) mass is 414 g/mol. The summed E-state index contributed by atoms with van der Waals surface area (Å²) in [4.78, 5) is 0. The lowest BCUT2D eigenvalue weighted by atomic mass is 10.1. The molecule has 0 rings (SSSR count). The van der Waals surface area contributed by atoms with Gasteiger partial charge in [-0.15, -0.1) is 0 Å². The van der Waals surface area contributed by atoms with E-state index in [0.717, 1.165) is 25.7 Å². The summed E-state index contributed by atoms with van der Waals surface area (Å²) in [5, 5.41) is 0. The smallest absolute Gasteiger partial charge is 0.372 e. The SMILES string of the molecule is CCCCCC(OCC(C)(C)OBr)[Si](OCC)(OCC)OCC. The van der Waals surface area contributed by atoms with Gasteiger partial charge in [0.2, 0.25) is 0 Å². The molecule has 7 heteroatoms. The zero-order chi connectivity index (χ0) is 17.8. The van der Waals surface area contributed by atoms with E-state index in [0.29, 0.717) is 26.4 Å². The van der Waals surface area contributed by atoms with Crippen molar-refractivity contribution in [1.29, 1.82) is 0 Å². The van der Waals surface area contributed by atoms with Crippen LogP contribution in [0.4, 0.5) is 0 Å². The lowest BCUT2D eigenvalue weighted by Crippen LogP contribution is -2.58. The van der Waals surface area contributed by atoms with Crippen molar-refractivity contribution >= 4 is 25.1 Å². The summed E-state index contributed by atoms with van der Waals surface area (Å²) < 4.78 is 29.5. The maximum atomic E-state index is 6.20. The first-order valence-corrected chi connectivity index (χ1v) is 11.2. The minimum atomic E-state index is -2.88. The lowest BCUT2D eigenvalue weighted by Gasteiger charge is -2.36. The molecule has 0 spiro atoms. The van der Waals surface area contributed by atoms with Crippen molar-refractivity contribution in [2.75, 3.05) is 26.4 Å². The highest BCUT2D eigenvalue weighted by Gasteiger charge is 2.50. The molecule has 0 aliphatic rings. The Morgan fingerprint density at radius 1 is 0.913 bits per heavy atom. The normalized spacial score (nSPS) is 14.2. The highest BCUT2D eigenvalue weighted by atomic mass is 79.9. The van der Waals surface area contributed by atoms with Gasteiger partial charge in [0, 0.05) is 19.8 Å². The van der Waals surface area contributed by atoms with Gasteiger partial charge in [0.1, 0.15) is 11.3 Å². The second kappa shape index (κ2) is 12.8. The summed E-state index contributed by atoms with van der Waals surface area (Å²) in [6.07, 6.45) is 4.26. The number of hydrogen-bond donors (Lipinski definition) is 0. The molecule has 1 atom stereocenters. The van der Waals surface area contributed by atoms with Crippen LogP contribution in [0.25, 0.3) is 0 Å². The Morgan fingerprint density at radius 2 is 1.43 bits per heavy atom. The molecule has 0 radical (unpaired) electrons. The largest absolute Gasteiger partial charge is 0.531 e. The standard InChI is InChI=1S/C16H35BrO5Si/c1-7-11-12-13-15(18-14-16(5,6)22-17)23(19-8-2,20-9-3)21-10-4/h15H,7-14H2,1-6H3. The molecule has 0 aromatic carbocycles. The van der Waals surface area contributed by atoms with E-state index in [-0.39, 0.29) is 5.73 Å². The van der Waals surface area contributed by atoms with E-state index >= 15 is 0 Å². The van der Waals surface area contributed by atoms with Crippen LogP contribution in [0, 0.1) is 0 Å². The Labute approximate surface area is 152 Å². The molecule has 0 saturated carbocycles. The van der Waals surface area contributed by atoms with Crippen molar-refractivity contribution < 1.29 is 21.8 Å². The van der Waals surface area contributed by atoms with E-state index in [1.165, 1.54) is 0 Å². The lowest BCUT2D eigenvalue weighted by molar-refractivity contribution is -0.0505. The molecule has 0 N–H and O–H groups in total. The van der Waals surface area contributed by atoms with Crippen molar-refractivity contribution in [3.8, 4) is 0 Å². The van der Waals surface area contributed by atoms with Crippen LogP contribution in [0.1, 0.15) is 67.2 Å². The Hall–Kier alpha value is 0.497. The topological polar surface area (TPSA) is 46.2 Å². The van der Waals surface area contributed by atoms with Gasteiger partial charge in [0.25, 0.3) is 0 Å².